The lowest BCUT2D eigenvalue weighted by molar-refractivity contribution is -0.633. The van der Waals surface area contributed by atoms with Crippen molar-refractivity contribution in [2.75, 3.05) is 0 Å². The van der Waals surface area contributed by atoms with Crippen LogP contribution in [-0.2, 0) is 13.5 Å². The van der Waals surface area contributed by atoms with E-state index in [0.717, 1.165) is 17.9 Å². The fourth-order valence-corrected chi connectivity index (χ4v) is 5.68. The zero-order valence-electron chi connectivity index (χ0n) is 19.4. The Morgan fingerprint density at radius 3 is 2.47 bits per heavy atom. The smallest absolute Gasteiger partial charge is 0.213 e. The Balaban J connectivity index is 1.71. The van der Waals surface area contributed by atoms with Gasteiger partial charge in [-0.2, -0.15) is 4.57 Å². The molecule has 0 saturated heterocycles. The number of benzene rings is 3. The van der Waals surface area contributed by atoms with Crippen molar-refractivity contribution in [2.45, 2.75) is 40.0 Å². The zero-order chi connectivity index (χ0) is 22.1. The van der Waals surface area contributed by atoms with Gasteiger partial charge < -0.3 is 4.57 Å². The number of pyridine rings is 1. The van der Waals surface area contributed by atoms with E-state index < -0.39 is 0 Å². The second-order valence-corrected chi connectivity index (χ2v) is 9.43. The van der Waals surface area contributed by atoms with Crippen LogP contribution in [0.1, 0.15) is 48.0 Å². The van der Waals surface area contributed by atoms with Crippen LogP contribution in [0.3, 0.4) is 0 Å². The van der Waals surface area contributed by atoms with Crippen LogP contribution < -0.4 is 4.57 Å². The Kier molecular flexibility index (Phi) is 4.07. The third-order valence-electron chi connectivity index (χ3n) is 7.15. The lowest BCUT2D eigenvalue weighted by Gasteiger charge is -2.17. The third kappa shape index (κ3) is 2.54. The van der Waals surface area contributed by atoms with Gasteiger partial charge in [-0.25, -0.2) is 4.98 Å². The van der Waals surface area contributed by atoms with Crippen LogP contribution in [0, 0.1) is 13.8 Å². The van der Waals surface area contributed by atoms with Gasteiger partial charge in [-0.05, 0) is 47.9 Å². The first-order valence-electron chi connectivity index (χ1n) is 11.5. The molecule has 0 fully saturated rings. The van der Waals surface area contributed by atoms with E-state index >= 15 is 0 Å². The Morgan fingerprint density at radius 1 is 0.906 bits per heavy atom. The summed E-state index contributed by atoms with van der Waals surface area (Å²) in [5, 5.41) is 3.97. The number of hydrogen-bond acceptors (Lipinski definition) is 1. The average Bonchev–Trinajstić information content (AvgIpc) is 3.30. The molecule has 3 aromatic carbocycles. The number of fused-ring (bicyclic) bond motifs is 6. The number of nitrogens with zero attached hydrogens (tertiary/aromatic N) is 3. The molecule has 0 unspecified atom stereocenters. The van der Waals surface area contributed by atoms with E-state index in [4.69, 9.17) is 4.98 Å². The number of rotatable bonds is 2. The van der Waals surface area contributed by atoms with Gasteiger partial charge in [-0.1, -0.05) is 50.2 Å². The van der Waals surface area contributed by atoms with Crippen molar-refractivity contribution in [3.8, 4) is 16.9 Å². The van der Waals surface area contributed by atoms with E-state index in [0.29, 0.717) is 5.92 Å². The maximum atomic E-state index is 4.84. The Bertz CT molecular complexity index is 1550. The summed E-state index contributed by atoms with van der Waals surface area (Å²) in [6.07, 6.45) is 3.05. The van der Waals surface area contributed by atoms with E-state index in [2.05, 4.69) is 105 Å². The van der Waals surface area contributed by atoms with Crippen LogP contribution in [-0.4, -0.2) is 9.55 Å². The normalized spacial score (nSPS) is 12.7. The van der Waals surface area contributed by atoms with Gasteiger partial charge >= 0.3 is 0 Å². The molecule has 0 saturated carbocycles. The van der Waals surface area contributed by atoms with Crippen LogP contribution in [0.15, 0.2) is 60.8 Å². The van der Waals surface area contributed by atoms with Crippen molar-refractivity contribution in [1.29, 1.82) is 0 Å². The summed E-state index contributed by atoms with van der Waals surface area (Å²) in [4.78, 5) is 4.84. The lowest BCUT2D eigenvalue weighted by atomic mass is 9.89. The molecule has 1 aliphatic rings. The monoisotopic (exact) mass is 418 g/mol. The summed E-state index contributed by atoms with van der Waals surface area (Å²) in [6.45, 7) is 8.90. The summed E-state index contributed by atoms with van der Waals surface area (Å²) in [6, 6.07) is 20.1. The van der Waals surface area contributed by atoms with Gasteiger partial charge in [-0.3, -0.25) is 0 Å². The van der Waals surface area contributed by atoms with E-state index in [9.17, 15) is 0 Å². The quantitative estimate of drug-likeness (QED) is 0.302. The highest BCUT2D eigenvalue weighted by Crippen LogP contribution is 2.43. The largest absolute Gasteiger partial charge is 0.302 e. The maximum absolute atomic E-state index is 4.84. The van der Waals surface area contributed by atoms with E-state index in [-0.39, 0.29) is 0 Å². The van der Waals surface area contributed by atoms with Gasteiger partial charge in [0.1, 0.15) is 12.9 Å². The second-order valence-electron chi connectivity index (χ2n) is 9.43. The highest BCUT2D eigenvalue weighted by Gasteiger charge is 2.31. The first-order valence-corrected chi connectivity index (χ1v) is 11.5. The maximum Gasteiger partial charge on any atom is 0.213 e. The van der Waals surface area contributed by atoms with Gasteiger partial charge in [0.15, 0.2) is 0 Å². The van der Waals surface area contributed by atoms with Gasteiger partial charge in [-0.15, -0.1) is 0 Å². The Hall–Kier alpha value is -3.46. The van der Waals surface area contributed by atoms with Crippen molar-refractivity contribution in [3.63, 3.8) is 0 Å². The summed E-state index contributed by atoms with van der Waals surface area (Å²) in [5.41, 5.74) is 10.4. The highest BCUT2D eigenvalue weighted by molar-refractivity contribution is 6.00. The molecule has 0 bridgehead atoms. The van der Waals surface area contributed by atoms with Crippen LogP contribution in [0.5, 0.6) is 0 Å². The molecule has 0 spiro atoms. The predicted molar refractivity (Wildman–Crippen MR) is 132 cm³/mol. The lowest BCUT2D eigenvalue weighted by Crippen LogP contribution is -2.32. The summed E-state index contributed by atoms with van der Waals surface area (Å²) < 4.78 is 4.69. The topological polar surface area (TPSA) is 21.7 Å². The molecule has 2 aromatic heterocycles. The molecule has 3 nitrogen and oxygen atoms in total. The van der Waals surface area contributed by atoms with Gasteiger partial charge in [0, 0.05) is 35.5 Å². The molecule has 0 aliphatic carbocycles. The molecule has 0 atom stereocenters. The van der Waals surface area contributed by atoms with Crippen molar-refractivity contribution in [3.05, 3.63) is 89.0 Å². The van der Waals surface area contributed by atoms with Crippen molar-refractivity contribution in [2.24, 2.45) is 7.05 Å². The minimum absolute atomic E-state index is 0.497. The molecule has 6 rings (SSSR count). The molecule has 32 heavy (non-hydrogen) atoms. The van der Waals surface area contributed by atoms with Gasteiger partial charge in [0.2, 0.25) is 11.2 Å². The standard InChI is InChI=1S/C29H28N3/c1-17(2)20-11-8-12-25-22(20)13-14-26(31(25)5)28-19(4)21-9-6-7-10-23(21)29-24(28)15-27-30-18(3)16-32(27)29/h6-14,16-17H,15H2,1-5H3/q+1. The Labute approximate surface area is 189 Å². The average molecular weight is 419 g/mol. The van der Waals surface area contributed by atoms with Crippen LogP contribution in [0.2, 0.25) is 0 Å². The van der Waals surface area contributed by atoms with Crippen LogP contribution in [0.25, 0.3) is 38.6 Å². The molecule has 0 radical (unpaired) electrons. The summed E-state index contributed by atoms with van der Waals surface area (Å²) in [7, 11) is 2.21. The van der Waals surface area contributed by atoms with Crippen molar-refractivity contribution >= 4 is 21.7 Å². The fourth-order valence-electron chi connectivity index (χ4n) is 5.68. The van der Waals surface area contributed by atoms with E-state index in [1.54, 1.807) is 0 Å². The summed E-state index contributed by atoms with van der Waals surface area (Å²) >= 11 is 0. The summed E-state index contributed by atoms with van der Waals surface area (Å²) in [5.74, 6) is 1.64. The third-order valence-corrected chi connectivity index (χ3v) is 7.15. The Morgan fingerprint density at radius 2 is 1.69 bits per heavy atom. The molecular formula is C29H28N3+. The van der Waals surface area contributed by atoms with Crippen LogP contribution in [0.4, 0.5) is 0 Å². The van der Waals surface area contributed by atoms with Crippen LogP contribution >= 0.6 is 0 Å². The highest BCUT2D eigenvalue weighted by atomic mass is 15.1. The molecule has 3 heterocycles. The van der Waals surface area contributed by atoms with E-state index in [1.165, 1.54) is 55.3 Å². The number of hydrogen-bond donors (Lipinski definition) is 0. The molecule has 158 valence electrons. The SMILES string of the molecule is Cc1cn2c(n1)Cc1c(-c3ccc4c(C(C)C)cccc4[n+]3C)c(C)c3ccccc3c1-2. The minimum atomic E-state index is 0.497. The molecule has 5 aromatic rings. The van der Waals surface area contributed by atoms with Crippen molar-refractivity contribution in [1.82, 2.24) is 9.55 Å². The molecule has 3 heteroatoms. The second kappa shape index (κ2) is 6.77. The molecular weight excluding hydrogens is 390 g/mol. The van der Waals surface area contributed by atoms with E-state index in [1.807, 2.05) is 0 Å². The zero-order valence-corrected chi connectivity index (χ0v) is 19.4. The minimum Gasteiger partial charge on any atom is -0.302 e. The number of aromatic nitrogens is 3. The predicted octanol–water partition coefficient (Wildman–Crippen LogP) is 6.31. The first-order chi connectivity index (χ1) is 15.5. The van der Waals surface area contributed by atoms with Gasteiger partial charge in [0.05, 0.1) is 16.9 Å². The number of imidazole rings is 1. The molecule has 0 N–H and O–H groups in total. The van der Waals surface area contributed by atoms with Gasteiger partial charge in [0.25, 0.3) is 0 Å². The molecule has 0 amide bonds. The number of aryl methyl sites for hydroxylation is 3. The molecule has 1 aliphatic heterocycles. The first kappa shape index (κ1) is 19.2. The van der Waals surface area contributed by atoms with Crippen molar-refractivity contribution < 1.29 is 4.57 Å². The fraction of sp³-hybridized carbons (Fsp3) is 0.241.